The van der Waals surface area contributed by atoms with Crippen molar-refractivity contribution in [2.45, 2.75) is 44.2 Å². The van der Waals surface area contributed by atoms with Crippen LogP contribution >= 0.6 is 0 Å². The van der Waals surface area contributed by atoms with E-state index < -0.39 is 0 Å². The van der Waals surface area contributed by atoms with Crippen molar-refractivity contribution in [3.8, 4) is 5.75 Å². The largest absolute Gasteiger partial charge is 0.496 e. The molecule has 4 nitrogen and oxygen atoms in total. The van der Waals surface area contributed by atoms with E-state index in [1.54, 1.807) is 7.11 Å². The van der Waals surface area contributed by atoms with Gasteiger partial charge in [0.25, 0.3) is 0 Å². The van der Waals surface area contributed by atoms with Gasteiger partial charge < -0.3 is 15.4 Å². The molecule has 3 rings (SSSR count). The van der Waals surface area contributed by atoms with Crippen LogP contribution in [0.2, 0.25) is 0 Å². The Kier molecular flexibility index (Phi) is 3.92. The van der Waals surface area contributed by atoms with Gasteiger partial charge in [0.1, 0.15) is 5.75 Å². The molecular formula is C16H22N2O2. The summed E-state index contributed by atoms with van der Waals surface area (Å²) in [6, 6.07) is 6.60. The number of ether oxygens (including phenoxy) is 1. The quantitative estimate of drug-likeness (QED) is 0.882. The van der Waals surface area contributed by atoms with Gasteiger partial charge in [-0.1, -0.05) is 12.1 Å². The van der Waals surface area contributed by atoms with E-state index in [0.717, 1.165) is 31.6 Å². The summed E-state index contributed by atoms with van der Waals surface area (Å²) in [5.41, 5.74) is 2.47. The number of fused-ring (bicyclic) bond motifs is 1. The van der Waals surface area contributed by atoms with Gasteiger partial charge in [0.15, 0.2) is 0 Å². The lowest BCUT2D eigenvalue weighted by atomic mass is 10.1. The maximum Gasteiger partial charge on any atom is 0.222 e. The molecule has 0 spiro atoms. The molecular weight excluding hydrogens is 252 g/mol. The Labute approximate surface area is 119 Å². The number of amides is 1. The van der Waals surface area contributed by atoms with Crippen LogP contribution in [0.15, 0.2) is 18.2 Å². The predicted molar refractivity (Wildman–Crippen MR) is 77.8 cm³/mol. The Balaban J connectivity index is 1.64. The molecule has 1 aromatic carbocycles. The molecule has 1 fully saturated rings. The second-order valence-corrected chi connectivity index (χ2v) is 5.68. The van der Waals surface area contributed by atoms with E-state index >= 15 is 0 Å². The number of benzene rings is 1. The van der Waals surface area contributed by atoms with Gasteiger partial charge in [0, 0.05) is 12.5 Å². The minimum atomic E-state index is 0.147. The number of carbonyl (C=O) groups is 1. The minimum absolute atomic E-state index is 0.147. The number of methoxy groups -OCH3 is 1. The zero-order valence-corrected chi connectivity index (χ0v) is 11.9. The average molecular weight is 274 g/mol. The van der Waals surface area contributed by atoms with Crippen molar-refractivity contribution < 1.29 is 9.53 Å². The van der Waals surface area contributed by atoms with Crippen LogP contribution in [0.25, 0.3) is 0 Å². The van der Waals surface area contributed by atoms with Crippen molar-refractivity contribution in [1.82, 2.24) is 10.6 Å². The summed E-state index contributed by atoms with van der Waals surface area (Å²) in [6.07, 6.45) is 4.84. The number of hydrogen-bond acceptors (Lipinski definition) is 3. The highest BCUT2D eigenvalue weighted by Crippen LogP contribution is 2.36. The fraction of sp³-hybridized carbons (Fsp3) is 0.562. The van der Waals surface area contributed by atoms with Gasteiger partial charge >= 0.3 is 0 Å². The third-order valence-corrected chi connectivity index (χ3v) is 4.38. The summed E-state index contributed by atoms with van der Waals surface area (Å²) in [5.74, 6) is 1.10. The molecule has 2 unspecified atom stereocenters. The topological polar surface area (TPSA) is 50.4 Å². The zero-order valence-electron chi connectivity index (χ0n) is 11.9. The van der Waals surface area contributed by atoms with Crippen LogP contribution in [0.4, 0.5) is 0 Å². The van der Waals surface area contributed by atoms with Gasteiger partial charge in [-0.2, -0.15) is 0 Å². The van der Waals surface area contributed by atoms with Crippen molar-refractivity contribution in [2.24, 2.45) is 0 Å². The highest BCUT2D eigenvalue weighted by atomic mass is 16.5. The SMILES string of the molecule is COc1cccc2c1CCC2NC(=O)CC1CCCN1. The molecule has 2 N–H and O–H groups in total. The molecule has 0 saturated carbocycles. The molecule has 0 bridgehead atoms. The van der Waals surface area contributed by atoms with Crippen LogP contribution in [0.5, 0.6) is 5.75 Å². The van der Waals surface area contributed by atoms with Crippen LogP contribution in [-0.4, -0.2) is 25.6 Å². The molecule has 0 aromatic heterocycles. The van der Waals surface area contributed by atoms with Crippen molar-refractivity contribution in [2.75, 3.05) is 13.7 Å². The van der Waals surface area contributed by atoms with Gasteiger partial charge in [-0.15, -0.1) is 0 Å². The lowest BCUT2D eigenvalue weighted by Crippen LogP contribution is -2.33. The predicted octanol–water partition coefficient (Wildman–Crippen LogP) is 1.94. The summed E-state index contributed by atoms with van der Waals surface area (Å²) in [5, 5.41) is 6.55. The summed E-state index contributed by atoms with van der Waals surface area (Å²) in [6.45, 7) is 1.04. The van der Waals surface area contributed by atoms with E-state index in [1.165, 1.54) is 17.5 Å². The first kappa shape index (κ1) is 13.4. The molecule has 1 aliphatic heterocycles. The van der Waals surface area contributed by atoms with Crippen LogP contribution in [0.3, 0.4) is 0 Å². The maximum atomic E-state index is 12.1. The average Bonchev–Trinajstić information content (AvgIpc) is 3.09. The summed E-state index contributed by atoms with van der Waals surface area (Å²) >= 11 is 0. The molecule has 2 atom stereocenters. The number of carbonyl (C=O) groups excluding carboxylic acids is 1. The number of nitrogens with one attached hydrogen (secondary N) is 2. The molecule has 4 heteroatoms. The molecule has 2 aliphatic rings. The molecule has 1 aliphatic carbocycles. The second-order valence-electron chi connectivity index (χ2n) is 5.68. The smallest absolute Gasteiger partial charge is 0.222 e. The first-order valence-corrected chi connectivity index (χ1v) is 7.46. The van der Waals surface area contributed by atoms with Crippen LogP contribution in [0.1, 0.15) is 42.9 Å². The Bertz CT molecular complexity index is 495. The van der Waals surface area contributed by atoms with Gasteiger partial charge in [-0.3, -0.25) is 4.79 Å². The van der Waals surface area contributed by atoms with Crippen molar-refractivity contribution in [1.29, 1.82) is 0 Å². The van der Waals surface area contributed by atoms with E-state index in [-0.39, 0.29) is 11.9 Å². The van der Waals surface area contributed by atoms with Gasteiger partial charge in [-0.25, -0.2) is 0 Å². The fourth-order valence-corrected chi connectivity index (χ4v) is 3.37. The van der Waals surface area contributed by atoms with Crippen molar-refractivity contribution >= 4 is 5.91 Å². The molecule has 1 amide bonds. The van der Waals surface area contributed by atoms with E-state index in [2.05, 4.69) is 16.7 Å². The fourth-order valence-electron chi connectivity index (χ4n) is 3.37. The normalized spacial score (nSPS) is 24.4. The molecule has 108 valence electrons. The Morgan fingerprint density at radius 2 is 2.35 bits per heavy atom. The first-order valence-electron chi connectivity index (χ1n) is 7.46. The summed E-state index contributed by atoms with van der Waals surface area (Å²) in [7, 11) is 1.70. The lowest BCUT2D eigenvalue weighted by Gasteiger charge is -2.16. The van der Waals surface area contributed by atoms with Crippen LogP contribution < -0.4 is 15.4 Å². The van der Waals surface area contributed by atoms with Gasteiger partial charge in [0.05, 0.1) is 13.2 Å². The van der Waals surface area contributed by atoms with Crippen molar-refractivity contribution in [3.63, 3.8) is 0 Å². The Morgan fingerprint density at radius 1 is 1.45 bits per heavy atom. The zero-order chi connectivity index (χ0) is 13.9. The first-order chi connectivity index (χ1) is 9.78. The maximum absolute atomic E-state index is 12.1. The Morgan fingerprint density at radius 3 is 3.10 bits per heavy atom. The van der Waals surface area contributed by atoms with Crippen molar-refractivity contribution in [3.05, 3.63) is 29.3 Å². The highest BCUT2D eigenvalue weighted by Gasteiger charge is 2.27. The van der Waals surface area contributed by atoms with Crippen LogP contribution in [0, 0.1) is 0 Å². The Hall–Kier alpha value is -1.55. The lowest BCUT2D eigenvalue weighted by molar-refractivity contribution is -0.122. The molecule has 1 saturated heterocycles. The van der Waals surface area contributed by atoms with Gasteiger partial charge in [-0.05, 0) is 49.4 Å². The van der Waals surface area contributed by atoms with E-state index in [9.17, 15) is 4.79 Å². The minimum Gasteiger partial charge on any atom is -0.496 e. The summed E-state index contributed by atoms with van der Waals surface area (Å²) in [4.78, 5) is 12.1. The second kappa shape index (κ2) is 5.83. The standard InChI is InChI=1S/C16H22N2O2/c1-20-15-6-2-5-12-13(15)7-8-14(12)18-16(19)10-11-4-3-9-17-11/h2,5-6,11,14,17H,3-4,7-10H2,1H3,(H,18,19). The third-order valence-electron chi connectivity index (χ3n) is 4.38. The molecule has 1 heterocycles. The monoisotopic (exact) mass is 274 g/mol. The molecule has 0 radical (unpaired) electrons. The number of rotatable bonds is 4. The van der Waals surface area contributed by atoms with Gasteiger partial charge in [0.2, 0.25) is 5.91 Å². The van der Waals surface area contributed by atoms with E-state index in [4.69, 9.17) is 4.74 Å². The third kappa shape index (κ3) is 2.66. The van der Waals surface area contributed by atoms with Crippen LogP contribution in [-0.2, 0) is 11.2 Å². The van der Waals surface area contributed by atoms with E-state index in [1.807, 2.05) is 12.1 Å². The molecule has 20 heavy (non-hydrogen) atoms. The highest BCUT2D eigenvalue weighted by molar-refractivity contribution is 5.77. The van der Waals surface area contributed by atoms with E-state index in [0.29, 0.717) is 12.5 Å². The summed E-state index contributed by atoms with van der Waals surface area (Å²) < 4.78 is 5.40. The number of hydrogen-bond donors (Lipinski definition) is 2. The molecule has 1 aromatic rings.